The molecule has 1 fully saturated rings. The number of hydrogen-bond acceptors (Lipinski definition) is 5. The van der Waals surface area contributed by atoms with Gasteiger partial charge in [-0.1, -0.05) is 43.2 Å². The van der Waals surface area contributed by atoms with Gasteiger partial charge in [0.2, 0.25) is 11.8 Å². The first-order valence-electron chi connectivity index (χ1n) is 11.9. The molecule has 35 heavy (non-hydrogen) atoms. The molecule has 3 aromatic rings. The van der Waals surface area contributed by atoms with E-state index in [-0.39, 0.29) is 24.3 Å². The predicted octanol–water partition coefficient (Wildman–Crippen LogP) is 5.45. The Bertz CT molecular complexity index is 1160. The third kappa shape index (κ3) is 5.68. The second-order valence-corrected chi connectivity index (χ2v) is 9.85. The normalized spacial score (nSPS) is 14.4. The van der Waals surface area contributed by atoms with Crippen LogP contribution in [0.25, 0.3) is 0 Å². The lowest BCUT2D eigenvalue weighted by Gasteiger charge is -2.33. The molecule has 0 unspecified atom stereocenters. The zero-order valence-electron chi connectivity index (χ0n) is 20.5. The van der Waals surface area contributed by atoms with Gasteiger partial charge in [-0.15, -0.1) is 11.3 Å². The maximum Gasteiger partial charge on any atom is 0.248 e. The van der Waals surface area contributed by atoms with Crippen LogP contribution in [0.1, 0.15) is 47.7 Å². The van der Waals surface area contributed by atoms with Crippen molar-refractivity contribution in [2.75, 3.05) is 19.1 Å². The van der Waals surface area contributed by atoms with Crippen LogP contribution in [0.4, 0.5) is 5.69 Å². The molecule has 0 radical (unpaired) electrons. The highest BCUT2D eigenvalue weighted by Crippen LogP contribution is 2.36. The number of para-hydroxylation sites is 1. The highest BCUT2D eigenvalue weighted by Gasteiger charge is 2.35. The number of carbonyl (C=O) groups excluding carboxylic acids is 2. The van der Waals surface area contributed by atoms with Gasteiger partial charge in [0.15, 0.2) is 11.5 Å². The van der Waals surface area contributed by atoms with Crippen LogP contribution in [0.15, 0.2) is 60.0 Å². The Hall–Kier alpha value is -3.32. The highest BCUT2D eigenvalue weighted by atomic mass is 32.1. The molecule has 0 spiro atoms. The van der Waals surface area contributed by atoms with Crippen LogP contribution >= 0.6 is 11.3 Å². The Morgan fingerprint density at radius 3 is 2.43 bits per heavy atom. The Balaban J connectivity index is 1.82. The second-order valence-electron chi connectivity index (χ2n) is 8.81. The highest BCUT2D eigenvalue weighted by molar-refractivity contribution is 7.10. The van der Waals surface area contributed by atoms with E-state index in [4.69, 9.17) is 9.47 Å². The predicted molar refractivity (Wildman–Crippen MR) is 139 cm³/mol. The molecule has 1 aliphatic rings. The lowest BCUT2D eigenvalue weighted by Crippen LogP contribution is -2.47. The van der Waals surface area contributed by atoms with E-state index in [0.717, 1.165) is 41.8 Å². The molecule has 1 saturated carbocycles. The molecular formula is C28H32N2O4S. The van der Waals surface area contributed by atoms with Crippen molar-refractivity contribution in [3.05, 3.63) is 76.0 Å². The van der Waals surface area contributed by atoms with Gasteiger partial charge in [-0.3, -0.25) is 14.5 Å². The van der Waals surface area contributed by atoms with E-state index in [0.29, 0.717) is 17.1 Å². The van der Waals surface area contributed by atoms with Crippen LogP contribution in [-0.2, 0) is 16.0 Å². The SMILES string of the molecule is COc1ccc([C@H](C(=O)NC2CCCC2)N(C(=O)Cc2cccs2)c2ccccc2C)cc1OC. The maximum absolute atomic E-state index is 13.9. The van der Waals surface area contributed by atoms with Gasteiger partial charge in [0.1, 0.15) is 6.04 Å². The van der Waals surface area contributed by atoms with Crippen molar-refractivity contribution in [1.29, 1.82) is 0 Å². The number of ether oxygens (including phenoxy) is 2. The number of hydrogen-bond donors (Lipinski definition) is 1. The minimum atomic E-state index is -0.857. The molecular weight excluding hydrogens is 460 g/mol. The third-order valence-electron chi connectivity index (χ3n) is 6.48. The fraction of sp³-hybridized carbons (Fsp3) is 0.357. The van der Waals surface area contributed by atoms with Crippen LogP contribution < -0.4 is 19.7 Å². The molecule has 184 valence electrons. The summed E-state index contributed by atoms with van der Waals surface area (Å²) < 4.78 is 11.0. The quantitative estimate of drug-likeness (QED) is 0.431. The van der Waals surface area contributed by atoms with Crippen molar-refractivity contribution in [3.63, 3.8) is 0 Å². The number of rotatable bonds is 9. The Kier molecular flexibility index (Phi) is 8.08. The zero-order valence-corrected chi connectivity index (χ0v) is 21.3. The molecule has 1 atom stereocenters. The van der Waals surface area contributed by atoms with Gasteiger partial charge in [-0.05, 0) is 60.5 Å². The van der Waals surface area contributed by atoms with E-state index in [9.17, 15) is 9.59 Å². The number of methoxy groups -OCH3 is 2. The molecule has 1 aromatic heterocycles. The van der Waals surface area contributed by atoms with E-state index in [1.165, 1.54) is 11.3 Å². The van der Waals surface area contributed by atoms with Gasteiger partial charge >= 0.3 is 0 Å². The summed E-state index contributed by atoms with van der Waals surface area (Å²) in [6.07, 6.45) is 4.33. The third-order valence-corrected chi connectivity index (χ3v) is 7.36. The van der Waals surface area contributed by atoms with E-state index < -0.39 is 6.04 Å². The lowest BCUT2D eigenvalue weighted by molar-refractivity contribution is -0.127. The van der Waals surface area contributed by atoms with Crippen LogP contribution in [0.3, 0.4) is 0 Å². The topological polar surface area (TPSA) is 67.9 Å². The van der Waals surface area contributed by atoms with Crippen molar-refractivity contribution in [2.45, 2.75) is 51.1 Å². The van der Waals surface area contributed by atoms with Gasteiger partial charge in [-0.25, -0.2) is 0 Å². The Morgan fingerprint density at radius 2 is 1.77 bits per heavy atom. The monoisotopic (exact) mass is 492 g/mol. The van der Waals surface area contributed by atoms with Gasteiger partial charge in [0.05, 0.1) is 20.6 Å². The fourth-order valence-electron chi connectivity index (χ4n) is 4.69. The summed E-state index contributed by atoms with van der Waals surface area (Å²) in [4.78, 5) is 30.4. The van der Waals surface area contributed by atoms with Crippen LogP contribution in [0.2, 0.25) is 0 Å². The molecule has 6 nitrogen and oxygen atoms in total. The summed E-state index contributed by atoms with van der Waals surface area (Å²) in [6.45, 7) is 1.96. The van der Waals surface area contributed by atoms with Crippen LogP contribution in [0.5, 0.6) is 11.5 Å². The van der Waals surface area contributed by atoms with E-state index in [1.807, 2.05) is 54.8 Å². The summed E-state index contributed by atoms with van der Waals surface area (Å²) in [5.41, 5.74) is 2.31. The van der Waals surface area contributed by atoms with Gasteiger partial charge in [0.25, 0.3) is 0 Å². The molecule has 4 rings (SSSR count). The fourth-order valence-corrected chi connectivity index (χ4v) is 5.39. The summed E-state index contributed by atoms with van der Waals surface area (Å²) >= 11 is 1.54. The molecule has 1 N–H and O–H groups in total. The molecule has 2 amide bonds. The molecule has 0 saturated heterocycles. The smallest absolute Gasteiger partial charge is 0.248 e. The summed E-state index contributed by atoms with van der Waals surface area (Å²) in [5, 5.41) is 5.18. The van der Waals surface area contributed by atoms with E-state index in [2.05, 4.69) is 5.32 Å². The van der Waals surface area contributed by atoms with E-state index >= 15 is 0 Å². The number of nitrogens with zero attached hydrogens (tertiary/aromatic N) is 1. The van der Waals surface area contributed by atoms with Gasteiger partial charge in [0, 0.05) is 16.6 Å². The number of nitrogens with one attached hydrogen (secondary N) is 1. The van der Waals surface area contributed by atoms with Crippen molar-refractivity contribution in [2.24, 2.45) is 0 Å². The maximum atomic E-state index is 13.9. The first kappa shape index (κ1) is 24.8. The molecule has 0 aliphatic heterocycles. The van der Waals surface area contributed by atoms with Crippen molar-refractivity contribution >= 4 is 28.8 Å². The van der Waals surface area contributed by atoms with Crippen molar-refractivity contribution in [3.8, 4) is 11.5 Å². The summed E-state index contributed by atoms with van der Waals surface area (Å²) in [6, 6.07) is 16.3. The van der Waals surface area contributed by atoms with Crippen molar-refractivity contribution in [1.82, 2.24) is 5.32 Å². The number of amides is 2. The first-order valence-corrected chi connectivity index (χ1v) is 12.8. The van der Waals surface area contributed by atoms with Gasteiger partial charge in [-0.2, -0.15) is 0 Å². The summed E-state index contributed by atoms with van der Waals surface area (Å²) in [5.74, 6) is 0.757. The largest absolute Gasteiger partial charge is 0.493 e. The number of aryl methyl sites for hydroxylation is 1. The van der Waals surface area contributed by atoms with Gasteiger partial charge < -0.3 is 14.8 Å². The Morgan fingerprint density at radius 1 is 1.03 bits per heavy atom. The first-order chi connectivity index (χ1) is 17.0. The number of carbonyl (C=O) groups is 2. The van der Waals surface area contributed by atoms with Crippen LogP contribution in [0, 0.1) is 6.92 Å². The molecule has 0 bridgehead atoms. The van der Waals surface area contributed by atoms with Crippen LogP contribution in [-0.4, -0.2) is 32.1 Å². The van der Waals surface area contributed by atoms with E-state index in [1.54, 1.807) is 31.3 Å². The minimum Gasteiger partial charge on any atom is -0.493 e. The average molecular weight is 493 g/mol. The number of anilines is 1. The number of thiophene rings is 1. The zero-order chi connectivity index (χ0) is 24.8. The van der Waals surface area contributed by atoms with Crippen molar-refractivity contribution < 1.29 is 19.1 Å². The molecule has 7 heteroatoms. The molecule has 2 aromatic carbocycles. The second kappa shape index (κ2) is 11.4. The summed E-state index contributed by atoms with van der Waals surface area (Å²) in [7, 11) is 3.14. The molecule has 1 aliphatic carbocycles. The standard InChI is InChI=1S/C28H32N2O4S/c1-19-9-4-7-13-23(19)30(26(31)18-22-12-8-16-35-22)27(28(32)29-21-10-5-6-11-21)20-14-15-24(33-2)25(17-20)34-3/h4,7-9,12-17,21,27H,5-6,10-11,18H2,1-3H3,(H,29,32)/t27-/m1/s1. The Labute approximate surface area is 210 Å². The average Bonchev–Trinajstić information content (AvgIpc) is 3.57. The minimum absolute atomic E-state index is 0.122. The lowest BCUT2D eigenvalue weighted by atomic mass is 10.00. The molecule has 1 heterocycles. The number of benzene rings is 2.